The summed E-state index contributed by atoms with van der Waals surface area (Å²) < 4.78 is 24.6. The quantitative estimate of drug-likeness (QED) is 0.861. The van der Waals surface area contributed by atoms with Crippen molar-refractivity contribution in [3.63, 3.8) is 0 Å². The van der Waals surface area contributed by atoms with Crippen molar-refractivity contribution < 1.29 is 8.42 Å². The van der Waals surface area contributed by atoms with Crippen molar-refractivity contribution in [2.24, 2.45) is 0 Å². The van der Waals surface area contributed by atoms with Gasteiger partial charge in [-0.2, -0.15) is 5.26 Å². The lowest BCUT2D eigenvalue weighted by Gasteiger charge is -2.24. The normalized spacial score (nSPS) is 15.1. The summed E-state index contributed by atoms with van der Waals surface area (Å²) in [6.45, 7) is 1.69. The molecule has 0 aliphatic carbocycles. The summed E-state index contributed by atoms with van der Waals surface area (Å²) in [5.74, 6) is 0. The van der Waals surface area contributed by atoms with Gasteiger partial charge in [0.05, 0.1) is 6.07 Å². The van der Waals surface area contributed by atoms with Crippen LogP contribution in [0.15, 0.2) is 30.3 Å². The highest BCUT2D eigenvalue weighted by atomic mass is 32.2. The van der Waals surface area contributed by atoms with Crippen LogP contribution in [0.1, 0.15) is 18.9 Å². The summed E-state index contributed by atoms with van der Waals surface area (Å²) in [4.78, 5) is 0. The first-order valence-corrected chi connectivity index (χ1v) is 6.42. The van der Waals surface area contributed by atoms with Gasteiger partial charge in [0.1, 0.15) is 0 Å². The van der Waals surface area contributed by atoms with Crippen molar-refractivity contribution in [1.82, 2.24) is 4.72 Å². The maximum absolute atomic E-state index is 12.0. The molecule has 86 valence electrons. The Hall–Kier alpha value is -1.38. The van der Waals surface area contributed by atoms with E-state index in [4.69, 9.17) is 0 Å². The van der Waals surface area contributed by atoms with Gasteiger partial charge < -0.3 is 0 Å². The standard InChI is InChI=1S/C11H14N2O2S/c1-3-11(9-12,16(14,15)13-2)10-7-5-4-6-8-10/h4-8,13H,3H2,1-2H3. The molecule has 16 heavy (non-hydrogen) atoms. The zero-order valence-electron chi connectivity index (χ0n) is 9.27. The van der Waals surface area contributed by atoms with Crippen molar-refractivity contribution >= 4 is 10.0 Å². The third-order valence-electron chi connectivity index (χ3n) is 2.65. The zero-order valence-corrected chi connectivity index (χ0v) is 10.1. The summed E-state index contributed by atoms with van der Waals surface area (Å²) in [7, 11) is -2.37. The molecule has 1 unspecified atom stereocenters. The molecule has 4 nitrogen and oxygen atoms in total. The topological polar surface area (TPSA) is 70.0 Å². The van der Waals surface area contributed by atoms with Gasteiger partial charge in [0.15, 0.2) is 4.75 Å². The fourth-order valence-corrected chi connectivity index (χ4v) is 2.93. The lowest BCUT2D eigenvalue weighted by Crippen LogP contribution is -2.41. The van der Waals surface area contributed by atoms with E-state index < -0.39 is 14.8 Å². The third kappa shape index (κ3) is 1.82. The fourth-order valence-electron chi connectivity index (χ4n) is 1.63. The Morgan fingerprint density at radius 2 is 1.94 bits per heavy atom. The van der Waals surface area contributed by atoms with Crippen LogP contribution in [0.2, 0.25) is 0 Å². The molecule has 0 amide bonds. The minimum atomic E-state index is -3.69. The van der Waals surface area contributed by atoms with Gasteiger partial charge in [0, 0.05) is 0 Å². The van der Waals surface area contributed by atoms with Crippen LogP contribution in [0.25, 0.3) is 0 Å². The van der Waals surface area contributed by atoms with Crippen molar-refractivity contribution in [3.05, 3.63) is 35.9 Å². The molecule has 0 heterocycles. The summed E-state index contributed by atoms with van der Waals surface area (Å²) in [6.07, 6.45) is 0.205. The largest absolute Gasteiger partial charge is 0.234 e. The van der Waals surface area contributed by atoms with Crippen LogP contribution < -0.4 is 4.72 Å². The van der Waals surface area contributed by atoms with E-state index in [1.165, 1.54) is 7.05 Å². The molecule has 1 rings (SSSR count). The lowest BCUT2D eigenvalue weighted by atomic mass is 9.97. The van der Waals surface area contributed by atoms with Gasteiger partial charge in [-0.1, -0.05) is 37.3 Å². The molecule has 1 N–H and O–H groups in total. The van der Waals surface area contributed by atoms with Crippen LogP contribution in [0.5, 0.6) is 0 Å². The molecule has 0 aromatic heterocycles. The van der Waals surface area contributed by atoms with Gasteiger partial charge >= 0.3 is 0 Å². The van der Waals surface area contributed by atoms with Gasteiger partial charge in [-0.05, 0) is 19.0 Å². The number of rotatable bonds is 4. The van der Waals surface area contributed by atoms with Crippen LogP contribution in [0.4, 0.5) is 0 Å². The average molecular weight is 238 g/mol. The van der Waals surface area contributed by atoms with Crippen LogP contribution in [0, 0.1) is 11.3 Å². The molecule has 0 fully saturated rings. The molecule has 0 saturated carbocycles. The van der Waals surface area contributed by atoms with Crippen LogP contribution in [-0.4, -0.2) is 15.5 Å². The molecule has 0 aliphatic rings. The monoisotopic (exact) mass is 238 g/mol. The zero-order chi connectivity index (χ0) is 12.2. The Morgan fingerprint density at radius 1 is 1.38 bits per heavy atom. The number of hydrogen-bond donors (Lipinski definition) is 1. The lowest BCUT2D eigenvalue weighted by molar-refractivity contribution is 0.547. The number of nitriles is 1. The molecule has 0 aliphatic heterocycles. The Labute approximate surface area is 96.0 Å². The highest BCUT2D eigenvalue weighted by Crippen LogP contribution is 2.32. The smallest absolute Gasteiger partial charge is 0.217 e. The number of nitrogens with one attached hydrogen (secondary N) is 1. The van der Waals surface area contributed by atoms with Crippen LogP contribution >= 0.6 is 0 Å². The SMILES string of the molecule is CCC(C#N)(c1ccccc1)S(=O)(=O)NC. The summed E-state index contributed by atoms with van der Waals surface area (Å²) >= 11 is 0. The van der Waals surface area contributed by atoms with Gasteiger partial charge in [0.25, 0.3) is 0 Å². The van der Waals surface area contributed by atoms with E-state index in [1.54, 1.807) is 37.3 Å². The Kier molecular flexibility index (Phi) is 3.68. The molecule has 0 saturated heterocycles. The van der Waals surface area contributed by atoms with E-state index in [2.05, 4.69) is 4.72 Å². The summed E-state index contributed by atoms with van der Waals surface area (Å²) in [6, 6.07) is 10.5. The molecule has 5 heteroatoms. The number of nitrogens with zero attached hydrogens (tertiary/aromatic N) is 1. The molecule has 1 aromatic rings. The average Bonchev–Trinajstić information content (AvgIpc) is 2.32. The molecular formula is C11H14N2O2S. The van der Waals surface area contributed by atoms with Gasteiger partial charge in [-0.3, -0.25) is 0 Å². The van der Waals surface area contributed by atoms with Crippen LogP contribution in [-0.2, 0) is 14.8 Å². The predicted molar refractivity (Wildman–Crippen MR) is 62.0 cm³/mol. The minimum Gasteiger partial charge on any atom is -0.217 e. The second-order valence-corrected chi connectivity index (χ2v) is 5.48. The second kappa shape index (κ2) is 4.64. The molecular weight excluding hydrogens is 224 g/mol. The number of benzene rings is 1. The van der Waals surface area contributed by atoms with Crippen molar-refractivity contribution in [1.29, 1.82) is 5.26 Å². The first kappa shape index (κ1) is 12.7. The van der Waals surface area contributed by atoms with E-state index in [0.29, 0.717) is 5.56 Å². The highest BCUT2D eigenvalue weighted by molar-refractivity contribution is 7.90. The first-order chi connectivity index (χ1) is 7.54. The third-order valence-corrected chi connectivity index (χ3v) is 4.72. The Morgan fingerprint density at radius 3 is 2.31 bits per heavy atom. The van der Waals surface area contributed by atoms with E-state index in [9.17, 15) is 13.7 Å². The molecule has 1 atom stereocenters. The molecule has 0 bridgehead atoms. The highest BCUT2D eigenvalue weighted by Gasteiger charge is 2.43. The minimum absolute atomic E-state index is 0.205. The first-order valence-electron chi connectivity index (χ1n) is 4.94. The molecule has 1 aromatic carbocycles. The van der Waals surface area contributed by atoms with Crippen LogP contribution in [0.3, 0.4) is 0 Å². The number of sulfonamides is 1. The second-order valence-electron chi connectivity index (χ2n) is 3.37. The van der Waals surface area contributed by atoms with Gasteiger partial charge in [0.2, 0.25) is 10.0 Å². The van der Waals surface area contributed by atoms with Gasteiger partial charge in [-0.15, -0.1) is 0 Å². The van der Waals surface area contributed by atoms with E-state index in [1.807, 2.05) is 6.07 Å². The van der Waals surface area contributed by atoms with Gasteiger partial charge in [-0.25, -0.2) is 13.1 Å². The van der Waals surface area contributed by atoms with E-state index >= 15 is 0 Å². The molecule has 0 spiro atoms. The Bertz CT molecular complexity index is 490. The fraction of sp³-hybridized carbons (Fsp3) is 0.364. The maximum Gasteiger partial charge on any atom is 0.234 e. The van der Waals surface area contributed by atoms with Crippen molar-refractivity contribution in [3.8, 4) is 6.07 Å². The predicted octanol–water partition coefficient (Wildman–Crippen LogP) is 1.36. The summed E-state index contributed by atoms with van der Waals surface area (Å²) in [5, 5.41) is 9.23. The maximum atomic E-state index is 12.0. The van der Waals surface area contributed by atoms with Crippen molar-refractivity contribution in [2.75, 3.05) is 7.05 Å². The van der Waals surface area contributed by atoms with E-state index in [-0.39, 0.29) is 6.42 Å². The Balaban J connectivity index is 3.47. The summed E-state index contributed by atoms with van der Waals surface area (Å²) in [5.41, 5.74) is 0.495. The molecule has 0 radical (unpaired) electrons. The van der Waals surface area contributed by atoms with E-state index in [0.717, 1.165) is 0 Å². The number of hydrogen-bond acceptors (Lipinski definition) is 3. The van der Waals surface area contributed by atoms with Crippen molar-refractivity contribution in [2.45, 2.75) is 18.1 Å².